The van der Waals surface area contributed by atoms with Gasteiger partial charge in [0, 0.05) is 17.0 Å². The maximum absolute atomic E-state index is 5.33. The standard InChI is InChI=1S/C20H16N2O/c1-23-17-12-13-18-19(14-17)21-22(16-10-6-3-7-11-16)20(18)15-8-4-2-5-9-15/h2-14H,1H3. The van der Waals surface area contributed by atoms with Crippen LogP contribution in [0.5, 0.6) is 5.75 Å². The Kier molecular flexibility index (Phi) is 3.31. The fourth-order valence-corrected chi connectivity index (χ4v) is 2.82. The van der Waals surface area contributed by atoms with Crippen molar-refractivity contribution in [2.45, 2.75) is 0 Å². The van der Waals surface area contributed by atoms with Crippen molar-refractivity contribution in [3.8, 4) is 22.7 Å². The minimum absolute atomic E-state index is 0.815. The lowest BCUT2D eigenvalue weighted by Crippen LogP contribution is -1.98. The summed E-state index contributed by atoms with van der Waals surface area (Å²) in [5.74, 6) is 0.815. The van der Waals surface area contributed by atoms with E-state index in [1.807, 2.05) is 53.2 Å². The summed E-state index contributed by atoms with van der Waals surface area (Å²) in [5.41, 5.74) is 4.20. The Labute approximate surface area is 134 Å². The van der Waals surface area contributed by atoms with E-state index >= 15 is 0 Å². The molecule has 23 heavy (non-hydrogen) atoms. The molecule has 0 spiro atoms. The van der Waals surface area contributed by atoms with E-state index in [0.29, 0.717) is 0 Å². The van der Waals surface area contributed by atoms with Gasteiger partial charge in [-0.05, 0) is 24.3 Å². The summed E-state index contributed by atoms with van der Waals surface area (Å²) in [6, 6.07) is 26.6. The zero-order valence-electron chi connectivity index (χ0n) is 12.8. The van der Waals surface area contributed by atoms with Gasteiger partial charge in [0.2, 0.25) is 0 Å². The first-order chi connectivity index (χ1) is 11.4. The van der Waals surface area contributed by atoms with Crippen LogP contribution in [0.25, 0.3) is 27.8 Å². The minimum atomic E-state index is 0.815. The molecule has 0 aliphatic rings. The number of ether oxygens (including phenoxy) is 1. The maximum atomic E-state index is 5.33. The van der Waals surface area contributed by atoms with Gasteiger partial charge >= 0.3 is 0 Å². The van der Waals surface area contributed by atoms with Gasteiger partial charge in [-0.15, -0.1) is 0 Å². The van der Waals surface area contributed by atoms with Gasteiger partial charge in [0.1, 0.15) is 5.75 Å². The van der Waals surface area contributed by atoms with Crippen LogP contribution in [0, 0.1) is 0 Å². The third-order valence-corrected chi connectivity index (χ3v) is 3.93. The highest BCUT2D eigenvalue weighted by atomic mass is 16.5. The average Bonchev–Trinajstić information content (AvgIpc) is 3.01. The Morgan fingerprint density at radius 1 is 0.826 bits per heavy atom. The van der Waals surface area contributed by atoms with Crippen molar-refractivity contribution < 1.29 is 4.74 Å². The largest absolute Gasteiger partial charge is 0.497 e. The van der Waals surface area contributed by atoms with Crippen molar-refractivity contribution in [3.05, 3.63) is 78.9 Å². The van der Waals surface area contributed by atoms with Crippen LogP contribution in [-0.2, 0) is 0 Å². The number of fused-ring (bicyclic) bond motifs is 1. The van der Waals surface area contributed by atoms with E-state index in [9.17, 15) is 0 Å². The maximum Gasteiger partial charge on any atom is 0.121 e. The van der Waals surface area contributed by atoms with E-state index in [1.54, 1.807) is 7.11 Å². The molecule has 3 nitrogen and oxygen atoms in total. The second kappa shape index (κ2) is 5.61. The fraction of sp³-hybridized carbons (Fsp3) is 0.0500. The monoisotopic (exact) mass is 300 g/mol. The second-order valence-electron chi connectivity index (χ2n) is 5.35. The van der Waals surface area contributed by atoms with Crippen LogP contribution in [-0.4, -0.2) is 16.9 Å². The van der Waals surface area contributed by atoms with E-state index in [1.165, 1.54) is 0 Å². The Morgan fingerprint density at radius 3 is 2.22 bits per heavy atom. The first-order valence-corrected chi connectivity index (χ1v) is 7.54. The van der Waals surface area contributed by atoms with Crippen LogP contribution in [0.15, 0.2) is 78.9 Å². The zero-order valence-corrected chi connectivity index (χ0v) is 12.8. The molecule has 0 saturated heterocycles. The van der Waals surface area contributed by atoms with E-state index in [4.69, 9.17) is 9.84 Å². The lowest BCUT2D eigenvalue weighted by molar-refractivity contribution is 0.415. The van der Waals surface area contributed by atoms with E-state index in [0.717, 1.165) is 33.6 Å². The topological polar surface area (TPSA) is 27.1 Å². The quantitative estimate of drug-likeness (QED) is 0.548. The van der Waals surface area contributed by atoms with Crippen LogP contribution >= 0.6 is 0 Å². The third-order valence-electron chi connectivity index (χ3n) is 3.93. The van der Waals surface area contributed by atoms with Gasteiger partial charge in [0.15, 0.2) is 0 Å². The molecule has 0 amide bonds. The normalized spacial score (nSPS) is 10.8. The number of para-hydroxylation sites is 1. The number of nitrogens with zero attached hydrogens (tertiary/aromatic N) is 2. The zero-order chi connectivity index (χ0) is 15.6. The molecule has 4 rings (SSSR count). The molecule has 3 aromatic carbocycles. The third kappa shape index (κ3) is 2.36. The van der Waals surface area contributed by atoms with Crippen molar-refractivity contribution in [2.75, 3.05) is 7.11 Å². The van der Waals surface area contributed by atoms with Crippen molar-refractivity contribution in [2.24, 2.45) is 0 Å². The van der Waals surface area contributed by atoms with E-state index in [2.05, 4.69) is 30.3 Å². The second-order valence-corrected chi connectivity index (χ2v) is 5.35. The van der Waals surface area contributed by atoms with Gasteiger partial charge < -0.3 is 4.74 Å². The molecule has 0 fully saturated rings. The first kappa shape index (κ1) is 13.6. The Bertz CT molecular complexity index is 943. The lowest BCUT2D eigenvalue weighted by Gasteiger charge is -2.08. The number of hydrogen-bond acceptors (Lipinski definition) is 2. The first-order valence-electron chi connectivity index (χ1n) is 7.54. The molecule has 1 aromatic heterocycles. The van der Waals surface area contributed by atoms with Crippen molar-refractivity contribution in [3.63, 3.8) is 0 Å². The van der Waals surface area contributed by atoms with Crippen molar-refractivity contribution in [1.29, 1.82) is 0 Å². The number of rotatable bonds is 3. The summed E-state index contributed by atoms with van der Waals surface area (Å²) in [5, 5.41) is 5.92. The highest BCUT2D eigenvalue weighted by molar-refractivity contribution is 5.94. The minimum Gasteiger partial charge on any atom is -0.497 e. The molecule has 0 radical (unpaired) electrons. The summed E-state index contributed by atoms with van der Waals surface area (Å²) in [4.78, 5) is 0. The van der Waals surface area contributed by atoms with Crippen LogP contribution in [0.2, 0.25) is 0 Å². The molecule has 0 saturated carbocycles. The van der Waals surface area contributed by atoms with Crippen LogP contribution in [0.1, 0.15) is 0 Å². The molecule has 0 aliphatic carbocycles. The Balaban J connectivity index is 2.04. The smallest absolute Gasteiger partial charge is 0.121 e. The van der Waals surface area contributed by atoms with Crippen LogP contribution < -0.4 is 4.74 Å². The van der Waals surface area contributed by atoms with Gasteiger partial charge in [0.05, 0.1) is 24.0 Å². The molecule has 0 aliphatic heterocycles. The predicted octanol–water partition coefficient (Wildman–Crippen LogP) is 4.70. The van der Waals surface area contributed by atoms with Gasteiger partial charge in [0.25, 0.3) is 0 Å². The molecule has 0 unspecified atom stereocenters. The van der Waals surface area contributed by atoms with Crippen LogP contribution in [0.4, 0.5) is 0 Å². The van der Waals surface area contributed by atoms with Gasteiger partial charge in [-0.1, -0.05) is 48.5 Å². The highest BCUT2D eigenvalue weighted by Gasteiger charge is 2.14. The number of aromatic nitrogens is 2. The fourth-order valence-electron chi connectivity index (χ4n) is 2.82. The Hall–Kier alpha value is -3.07. The lowest BCUT2D eigenvalue weighted by atomic mass is 10.1. The number of methoxy groups -OCH3 is 1. The van der Waals surface area contributed by atoms with E-state index < -0.39 is 0 Å². The van der Waals surface area contributed by atoms with E-state index in [-0.39, 0.29) is 0 Å². The average molecular weight is 300 g/mol. The van der Waals surface area contributed by atoms with Crippen LogP contribution in [0.3, 0.4) is 0 Å². The summed E-state index contributed by atoms with van der Waals surface area (Å²) in [6.07, 6.45) is 0. The number of hydrogen-bond donors (Lipinski definition) is 0. The Morgan fingerprint density at radius 2 is 1.52 bits per heavy atom. The molecular formula is C20H16N2O. The van der Waals surface area contributed by atoms with Gasteiger partial charge in [-0.3, -0.25) is 0 Å². The van der Waals surface area contributed by atoms with Gasteiger partial charge in [-0.2, -0.15) is 5.10 Å². The highest BCUT2D eigenvalue weighted by Crippen LogP contribution is 2.32. The SMILES string of the molecule is COc1ccc2c(-c3ccccc3)n(-c3ccccc3)nc2c1. The molecule has 0 bridgehead atoms. The van der Waals surface area contributed by atoms with Crippen molar-refractivity contribution in [1.82, 2.24) is 9.78 Å². The molecule has 0 atom stereocenters. The molecule has 112 valence electrons. The van der Waals surface area contributed by atoms with Crippen molar-refractivity contribution >= 4 is 10.9 Å². The molecule has 0 N–H and O–H groups in total. The predicted molar refractivity (Wildman–Crippen MR) is 93.1 cm³/mol. The van der Waals surface area contributed by atoms with Gasteiger partial charge in [-0.25, -0.2) is 4.68 Å². The summed E-state index contributed by atoms with van der Waals surface area (Å²) in [7, 11) is 1.67. The summed E-state index contributed by atoms with van der Waals surface area (Å²) >= 11 is 0. The molecule has 3 heteroatoms. The molecule has 4 aromatic rings. The molecule has 1 heterocycles. The summed E-state index contributed by atoms with van der Waals surface area (Å²) < 4.78 is 7.33. The number of benzene rings is 3. The molecular weight excluding hydrogens is 284 g/mol. The summed E-state index contributed by atoms with van der Waals surface area (Å²) in [6.45, 7) is 0.